The van der Waals surface area contributed by atoms with Gasteiger partial charge in [-0.3, -0.25) is 0 Å². The molecule has 0 saturated carbocycles. The van der Waals surface area contributed by atoms with Crippen LogP contribution in [-0.2, 0) is 9.84 Å². The molecule has 0 unspecified atom stereocenters. The number of nitrogens with one attached hydrogen (secondary N) is 1. The van der Waals surface area contributed by atoms with Crippen molar-refractivity contribution in [3.63, 3.8) is 0 Å². The second-order valence-corrected chi connectivity index (χ2v) is 6.54. The lowest BCUT2D eigenvalue weighted by atomic mass is 10.1. The Morgan fingerprint density at radius 3 is 2.41 bits per heavy atom. The van der Waals surface area contributed by atoms with E-state index in [9.17, 15) is 8.42 Å². The molecular weight excluding hydrogens is 234 g/mol. The number of benzene rings is 1. The van der Waals surface area contributed by atoms with E-state index in [-0.39, 0.29) is 17.5 Å². The first-order valence-corrected chi connectivity index (χ1v) is 7.86. The van der Waals surface area contributed by atoms with Crippen molar-refractivity contribution in [3.8, 4) is 0 Å². The molecule has 0 spiro atoms. The Morgan fingerprint density at radius 2 is 1.82 bits per heavy atom. The predicted molar refractivity (Wildman–Crippen MR) is 71.8 cm³/mol. The van der Waals surface area contributed by atoms with E-state index >= 15 is 0 Å². The lowest BCUT2D eigenvalue weighted by molar-refractivity contribution is 0.571. The van der Waals surface area contributed by atoms with Crippen molar-refractivity contribution in [2.24, 2.45) is 0 Å². The summed E-state index contributed by atoms with van der Waals surface area (Å²) in [5.41, 5.74) is 1.18. The van der Waals surface area contributed by atoms with Crippen LogP contribution in [0, 0.1) is 0 Å². The van der Waals surface area contributed by atoms with Gasteiger partial charge >= 0.3 is 0 Å². The SMILES string of the molecule is CCCS(=O)(=O)CCN[C@@H](C)c1ccccc1. The third kappa shape index (κ3) is 5.33. The van der Waals surface area contributed by atoms with Crippen LogP contribution in [0.5, 0.6) is 0 Å². The first kappa shape index (κ1) is 14.2. The molecule has 0 heterocycles. The molecule has 4 heteroatoms. The van der Waals surface area contributed by atoms with E-state index in [1.807, 2.05) is 44.2 Å². The van der Waals surface area contributed by atoms with Gasteiger partial charge in [-0.2, -0.15) is 0 Å². The molecule has 0 aliphatic carbocycles. The van der Waals surface area contributed by atoms with E-state index in [4.69, 9.17) is 0 Å². The van der Waals surface area contributed by atoms with Gasteiger partial charge in [0.1, 0.15) is 0 Å². The molecule has 17 heavy (non-hydrogen) atoms. The average molecular weight is 255 g/mol. The van der Waals surface area contributed by atoms with Gasteiger partial charge in [0.2, 0.25) is 0 Å². The van der Waals surface area contributed by atoms with E-state index in [1.54, 1.807) is 0 Å². The molecule has 1 rings (SSSR count). The highest BCUT2D eigenvalue weighted by Crippen LogP contribution is 2.10. The van der Waals surface area contributed by atoms with E-state index in [0.29, 0.717) is 13.0 Å². The molecule has 96 valence electrons. The number of rotatable bonds is 7. The second-order valence-electron chi connectivity index (χ2n) is 4.24. The molecule has 3 nitrogen and oxygen atoms in total. The van der Waals surface area contributed by atoms with Crippen molar-refractivity contribution in [1.82, 2.24) is 5.32 Å². The first-order chi connectivity index (χ1) is 8.05. The Kier molecular flexibility index (Phi) is 5.65. The molecule has 0 amide bonds. The highest BCUT2D eigenvalue weighted by Gasteiger charge is 2.10. The van der Waals surface area contributed by atoms with E-state index in [1.165, 1.54) is 5.56 Å². The van der Waals surface area contributed by atoms with Crippen molar-refractivity contribution in [2.45, 2.75) is 26.3 Å². The highest BCUT2D eigenvalue weighted by atomic mass is 32.2. The summed E-state index contributed by atoms with van der Waals surface area (Å²) in [6, 6.07) is 10.2. The Bertz CT molecular complexity index is 414. The van der Waals surface area contributed by atoms with Crippen LogP contribution in [0.2, 0.25) is 0 Å². The van der Waals surface area contributed by atoms with Gasteiger partial charge in [0.05, 0.1) is 5.75 Å². The summed E-state index contributed by atoms with van der Waals surface area (Å²) in [5.74, 6) is 0.506. The Labute approximate surface area is 104 Å². The standard InChI is InChI=1S/C13H21NO2S/c1-3-10-17(15,16)11-9-14-12(2)13-7-5-4-6-8-13/h4-8,12,14H,3,9-11H2,1-2H3/t12-/m0/s1. The topological polar surface area (TPSA) is 46.2 Å². The van der Waals surface area contributed by atoms with Crippen LogP contribution >= 0.6 is 0 Å². The van der Waals surface area contributed by atoms with Gasteiger partial charge in [-0.25, -0.2) is 8.42 Å². The summed E-state index contributed by atoms with van der Waals surface area (Å²) in [7, 11) is -2.87. The fraction of sp³-hybridized carbons (Fsp3) is 0.538. The molecule has 0 bridgehead atoms. The summed E-state index contributed by atoms with van der Waals surface area (Å²) in [6.45, 7) is 4.44. The maximum absolute atomic E-state index is 11.5. The molecule has 1 N–H and O–H groups in total. The van der Waals surface area contributed by atoms with Gasteiger partial charge in [-0.05, 0) is 18.9 Å². The normalized spacial score (nSPS) is 13.5. The van der Waals surface area contributed by atoms with Crippen molar-refractivity contribution in [2.75, 3.05) is 18.1 Å². The lowest BCUT2D eigenvalue weighted by Gasteiger charge is -2.14. The smallest absolute Gasteiger partial charge is 0.151 e. The quantitative estimate of drug-likeness (QED) is 0.812. The van der Waals surface area contributed by atoms with E-state index < -0.39 is 9.84 Å². The van der Waals surface area contributed by atoms with Crippen LogP contribution in [0.15, 0.2) is 30.3 Å². The minimum atomic E-state index is -2.87. The predicted octanol–water partition coefficient (Wildman–Crippen LogP) is 2.16. The molecule has 1 aromatic carbocycles. The zero-order chi connectivity index (χ0) is 12.7. The molecule has 0 aliphatic heterocycles. The van der Waals surface area contributed by atoms with Crippen LogP contribution in [0.1, 0.15) is 31.9 Å². The zero-order valence-corrected chi connectivity index (χ0v) is 11.3. The fourth-order valence-electron chi connectivity index (χ4n) is 1.70. The van der Waals surface area contributed by atoms with E-state index in [0.717, 1.165) is 0 Å². The maximum atomic E-state index is 11.5. The van der Waals surface area contributed by atoms with Crippen LogP contribution in [0.25, 0.3) is 0 Å². The second kappa shape index (κ2) is 6.77. The molecule has 0 radical (unpaired) electrons. The molecule has 1 aromatic rings. The van der Waals surface area contributed by atoms with Crippen LogP contribution in [0.4, 0.5) is 0 Å². The number of sulfone groups is 1. The maximum Gasteiger partial charge on any atom is 0.151 e. The molecular formula is C13H21NO2S. The molecule has 1 atom stereocenters. The molecule has 0 fully saturated rings. The van der Waals surface area contributed by atoms with Gasteiger partial charge < -0.3 is 5.32 Å². The third-order valence-corrected chi connectivity index (χ3v) is 4.53. The van der Waals surface area contributed by atoms with Gasteiger partial charge in [0.25, 0.3) is 0 Å². The zero-order valence-electron chi connectivity index (χ0n) is 10.5. The van der Waals surface area contributed by atoms with Crippen molar-refractivity contribution >= 4 is 9.84 Å². The monoisotopic (exact) mass is 255 g/mol. The van der Waals surface area contributed by atoms with Crippen molar-refractivity contribution < 1.29 is 8.42 Å². The van der Waals surface area contributed by atoms with Crippen molar-refractivity contribution in [3.05, 3.63) is 35.9 Å². The van der Waals surface area contributed by atoms with Crippen LogP contribution in [-0.4, -0.2) is 26.5 Å². The molecule has 0 aliphatic rings. The highest BCUT2D eigenvalue weighted by molar-refractivity contribution is 7.91. The number of hydrogen-bond acceptors (Lipinski definition) is 3. The fourth-order valence-corrected chi connectivity index (χ4v) is 2.96. The first-order valence-electron chi connectivity index (χ1n) is 6.04. The van der Waals surface area contributed by atoms with Gasteiger partial charge in [-0.1, -0.05) is 37.3 Å². The lowest BCUT2D eigenvalue weighted by Crippen LogP contribution is -2.26. The minimum Gasteiger partial charge on any atom is -0.309 e. The third-order valence-electron chi connectivity index (χ3n) is 2.68. The summed E-state index contributed by atoms with van der Waals surface area (Å²) in [6.07, 6.45) is 0.691. The summed E-state index contributed by atoms with van der Waals surface area (Å²) >= 11 is 0. The Hall–Kier alpha value is -0.870. The summed E-state index contributed by atoms with van der Waals surface area (Å²) < 4.78 is 23.0. The van der Waals surface area contributed by atoms with Crippen LogP contribution in [0.3, 0.4) is 0 Å². The van der Waals surface area contributed by atoms with E-state index in [2.05, 4.69) is 5.32 Å². The van der Waals surface area contributed by atoms with Gasteiger partial charge in [0.15, 0.2) is 9.84 Å². The Balaban J connectivity index is 2.37. The molecule has 0 aromatic heterocycles. The van der Waals surface area contributed by atoms with Crippen molar-refractivity contribution in [1.29, 1.82) is 0 Å². The van der Waals surface area contributed by atoms with Crippen LogP contribution < -0.4 is 5.32 Å². The summed E-state index contributed by atoms with van der Waals surface area (Å²) in [5, 5.41) is 3.23. The molecule has 0 saturated heterocycles. The number of hydrogen-bond donors (Lipinski definition) is 1. The largest absolute Gasteiger partial charge is 0.309 e. The summed E-state index contributed by atoms with van der Waals surface area (Å²) in [4.78, 5) is 0. The average Bonchev–Trinajstić information content (AvgIpc) is 2.29. The Morgan fingerprint density at radius 1 is 1.18 bits per heavy atom. The van der Waals surface area contributed by atoms with Gasteiger partial charge in [-0.15, -0.1) is 0 Å². The minimum absolute atomic E-state index is 0.188. The van der Waals surface area contributed by atoms with Gasteiger partial charge in [0, 0.05) is 18.3 Å².